The zero-order valence-electron chi connectivity index (χ0n) is 12.4. The molecule has 2 rings (SSSR count). The molecule has 0 aliphatic carbocycles. The van der Waals surface area contributed by atoms with E-state index >= 15 is 0 Å². The van der Waals surface area contributed by atoms with Crippen LogP contribution in [0.5, 0.6) is 0 Å². The number of nitrogen functional groups attached to an aromatic ring is 1. The molecular formula is C15H24N4O. The molecule has 0 bridgehead atoms. The third-order valence-corrected chi connectivity index (χ3v) is 3.71. The van der Waals surface area contributed by atoms with Crippen molar-refractivity contribution in [3.63, 3.8) is 0 Å². The van der Waals surface area contributed by atoms with Crippen LogP contribution in [0.25, 0.3) is 0 Å². The Kier molecular flexibility index (Phi) is 4.95. The van der Waals surface area contributed by atoms with Gasteiger partial charge in [-0.15, -0.1) is 0 Å². The zero-order valence-corrected chi connectivity index (χ0v) is 12.4. The quantitative estimate of drug-likeness (QED) is 0.850. The minimum atomic E-state index is -0.0500. The van der Waals surface area contributed by atoms with Crippen molar-refractivity contribution in [3.8, 4) is 0 Å². The van der Waals surface area contributed by atoms with E-state index in [9.17, 15) is 4.79 Å². The Morgan fingerprint density at radius 3 is 3.00 bits per heavy atom. The summed E-state index contributed by atoms with van der Waals surface area (Å²) in [6.07, 6.45) is 2.99. The number of nitrogens with zero attached hydrogens (tertiary/aromatic N) is 2. The first kappa shape index (κ1) is 14.8. The number of carbonyl (C=O) groups excluding carboxylic acids is 1. The summed E-state index contributed by atoms with van der Waals surface area (Å²) < 4.78 is 0. The monoisotopic (exact) mass is 276 g/mol. The molecule has 1 unspecified atom stereocenters. The second-order valence-electron chi connectivity index (χ2n) is 5.65. The van der Waals surface area contributed by atoms with E-state index in [1.54, 1.807) is 6.07 Å². The summed E-state index contributed by atoms with van der Waals surface area (Å²) >= 11 is 0. The highest BCUT2D eigenvalue weighted by Gasteiger charge is 2.20. The number of anilines is 1. The number of likely N-dealkylation sites (tertiary alicyclic amines) is 1. The van der Waals surface area contributed by atoms with Gasteiger partial charge >= 0.3 is 0 Å². The van der Waals surface area contributed by atoms with Crippen LogP contribution in [-0.2, 0) is 6.42 Å². The van der Waals surface area contributed by atoms with Gasteiger partial charge in [0.1, 0.15) is 5.82 Å². The van der Waals surface area contributed by atoms with E-state index in [1.165, 1.54) is 0 Å². The molecule has 1 aromatic heterocycles. The van der Waals surface area contributed by atoms with E-state index in [-0.39, 0.29) is 5.91 Å². The minimum absolute atomic E-state index is 0.0500. The molecule has 1 aliphatic rings. The Balaban J connectivity index is 1.94. The van der Waals surface area contributed by atoms with Crippen LogP contribution >= 0.6 is 0 Å². The molecule has 2 heterocycles. The van der Waals surface area contributed by atoms with Gasteiger partial charge in [0.2, 0.25) is 0 Å². The Morgan fingerprint density at radius 2 is 2.35 bits per heavy atom. The predicted octanol–water partition coefficient (Wildman–Crippen LogP) is 1.30. The average molecular weight is 276 g/mol. The maximum atomic E-state index is 12.2. The van der Waals surface area contributed by atoms with Crippen LogP contribution in [0.2, 0.25) is 0 Å². The number of carbonyl (C=O) groups is 1. The first-order chi connectivity index (χ1) is 9.58. The number of aromatic nitrogens is 1. The first-order valence-corrected chi connectivity index (χ1v) is 7.31. The highest BCUT2D eigenvalue weighted by molar-refractivity contribution is 5.94. The lowest BCUT2D eigenvalue weighted by Gasteiger charge is -2.12. The number of nitrogens with one attached hydrogen (secondary N) is 1. The maximum absolute atomic E-state index is 12.2. The second-order valence-corrected chi connectivity index (χ2v) is 5.65. The predicted molar refractivity (Wildman–Crippen MR) is 80.6 cm³/mol. The molecule has 1 aromatic rings. The van der Waals surface area contributed by atoms with Crippen molar-refractivity contribution in [1.82, 2.24) is 15.2 Å². The Hall–Kier alpha value is -1.62. The molecule has 5 heteroatoms. The maximum Gasteiger partial charge on any atom is 0.251 e. The SMILES string of the molecule is CCCc1cc(C(=O)NCC2CCN(C)C2)cc(N)n1. The first-order valence-electron chi connectivity index (χ1n) is 7.31. The molecule has 1 fully saturated rings. The fourth-order valence-electron chi connectivity index (χ4n) is 2.66. The molecular weight excluding hydrogens is 252 g/mol. The van der Waals surface area contributed by atoms with E-state index in [2.05, 4.69) is 29.2 Å². The Morgan fingerprint density at radius 1 is 1.55 bits per heavy atom. The fraction of sp³-hybridized carbons (Fsp3) is 0.600. The van der Waals surface area contributed by atoms with E-state index in [0.29, 0.717) is 17.3 Å². The molecule has 0 saturated carbocycles. The highest BCUT2D eigenvalue weighted by atomic mass is 16.1. The van der Waals surface area contributed by atoms with Gasteiger partial charge in [0.05, 0.1) is 0 Å². The summed E-state index contributed by atoms with van der Waals surface area (Å²) in [4.78, 5) is 18.7. The van der Waals surface area contributed by atoms with Crippen molar-refractivity contribution in [3.05, 3.63) is 23.4 Å². The smallest absolute Gasteiger partial charge is 0.251 e. The number of pyridine rings is 1. The number of amides is 1. The number of nitrogens with two attached hydrogens (primary N) is 1. The third-order valence-electron chi connectivity index (χ3n) is 3.71. The van der Waals surface area contributed by atoms with Crippen molar-refractivity contribution in [2.24, 2.45) is 5.92 Å². The topological polar surface area (TPSA) is 71.2 Å². The summed E-state index contributed by atoms with van der Waals surface area (Å²) in [5.74, 6) is 0.922. The normalized spacial score (nSPS) is 19.2. The second kappa shape index (κ2) is 6.70. The molecule has 5 nitrogen and oxygen atoms in total. The number of hydrogen-bond acceptors (Lipinski definition) is 4. The largest absolute Gasteiger partial charge is 0.384 e. The number of hydrogen-bond donors (Lipinski definition) is 2. The molecule has 0 spiro atoms. The van der Waals surface area contributed by atoms with Crippen LogP contribution in [0.1, 0.15) is 35.8 Å². The Labute approximate surface area is 120 Å². The molecule has 0 aromatic carbocycles. The summed E-state index contributed by atoms with van der Waals surface area (Å²) in [5, 5.41) is 3.01. The number of aryl methyl sites for hydroxylation is 1. The van der Waals surface area contributed by atoms with Crippen LogP contribution < -0.4 is 11.1 Å². The van der Waals surface area contributed by atoms with Gasteiger partial charge in [-0.05, 0) is 44.5 Å². The van der Waals surface area contributed by atoms with Gasteiger partial charge in [0.15, 0.2) is 0 Å². The summed E-state index contributed by atoms with van der Waals surface area (Å²) in [7, 11) is 2.11. The molecule has 1 amide bonds. The molecule has 110 valence electrons. The molecule has 3 N–H and O–H groups in total. The van der Waals surface area contributed by atoms with Gasteiger partial charge in [-0.2, -0.15) is 0 Å². The van der Waals surface area contributed by atoms with Crippen LogP contribution in [0.4, 0.5) is 5.82 Å². The van der Waals surface area contributed by atoms with Gasteiger partial charge in [0, 0.05) is 24.3 Å². The lowest BCUT2D eigenvalue weighted by Crippen LogP contribution is -2.30. The van der Waals surface area contributed by atoms with Crippen molar-refractivity contribution in [2.45, 2.75) is 26.2 Å². The highest BCUT2D eigenvalue weighted by Crippen LogP contribution is 2.14. The molecule has 1 atom stereocenters. The van der Waals surface area contributed by atoms with E-state index < -0.39 is 0 Å². The lowest BCUT2D eigenvalue weighted by molar-refractivity contribution is 0.0947. The fourth-order valence-corrected chi connectivity index (χ4v) is 2.66. The van der Waals surface area contributed by atoms with Gasteiger partial charge in [-0.3, -0.25) is 4.79 Å². The molecule has 0 radical (unpaired) electrons. The van der Waals surface area contributed by atoms with Gasteiger partial charge in [-0.1, -0.05) is 13.3 Å². The van der Waals surface area contributed by atoms with Crippen molar-refractivity contribution < 1.29 is 4.79 Å². The van der Waals surface area contributed by atoms with Crippen molar-refractivity contribution in [1.29, 1.82) is 0 Å². The zero-order chi connectivity index (χ0) is 14.5. The van der Waals surface area contributed by atoms with Crippen LogP contribution in [-0.4, -0.2) is 42.5 Å². The third kappa shape index (κ3) is 3.93. The van der Waals surface area contributed by atoms with Crippen LogP contribution in [0.3, 0.4) is 0 Å². The van der Waals surface area contributed by atoms with Gasteiger partial charge in [0.25, 0.3) is 5.91 Å². The van der Waals surface area contributed by atoms with Gasteiger partial charge in [-0.25, -0.2) is 4.98 Å². The van der Waals surface area contributed by atoms with Gasteiger partial charge < -0.3 is 16.0 Å². The average Bonchev–Trinajstić information content (AvgIpc) is 2.81. The van der Waals surface area contributed by atoms with E-state index in [1.807, 2.05) is 6.07 Å². The van der Waals surface area contributed by atoms with Crippen molar-refractivity contribution in [2.75, 3.05) is 32.4 Å². The van der Waals surface area contributed by atoms with E-state index in [4.69, 9.17) is 5.73 Å². The standard InChI is InChI=1S/C15H24N4O/c1-3-4-13-7-12(8-14(16)18-13)15(20)17-9-11-5-6-19(2)10-11/h7-8,11H,3-6,9-10H2,1-2H3,(H2,16,18)(H,17,20). The van der Waals surface area contributed by atoms with Crippen LogP contribution in [0.15, 0.2) is 12.1 Å². The summed E-state index contributed by atoms with van der Waals surface area (Å²) in [6, 6.07) is 3.49. The summed E-state index contributed by atoms with van der Waals surface area (Å²) in [5.41, 5.74) is 7.27. The number of rotatable bonds is 5. The lowest BCUT2D eigenvalue weighted by atomic mass is 10.1. The summed E-state index contributed by atoms with van der Waals surface area (Å²) in [6.45, 7) is 4.99. The van der Waals surface area contributed by atoms with Crippen LogP contribution in [0, 0.1) is 5.92 Å². The van der Waals surface area contributed by atoms with E-state index in [0.717, 1.165) is 44.6 Å². The Bertz CT molecular complexity index is 475. The molecule has 1 saturated heterocycles. The van der Waals surface area contributed by atoms with Crippen molar-refractivity contribution >= 4 is 11.7 Å². The molecule has 1 aliphatic heterocycles. The molecule has 20 heavy (non-hydrogen) atoms. The minimum Gasteiger partial charge on any atom is -0.384 e.